The molecule has 1 saturated heterocycles. The molecular weight excluding hydrogens is 333 g/mol. The number of halogens is 4. The maximum absolute atomic E-state index is 14.1. The van der Waals surface area contributed by atoms with E-state index in [4.69, 9.17) is 0 Å². The molecule has 0 saturated carbocycles. The number of allylic oxidation sites excluding steroid dienone is 1. The lowest BCUT2D eigenvalue weighted by Gasteiger charge is -2.35. The Bertz CT molecular complexity index is 460. The van der Waals surface area contributed by atoms with Gasteiger partial charge in [-0.1, -0.05) is 6.08 Å². The van der Waals surface area contributed by atoms with Gasteiger partial charge in [0.1, 0.15) is 17.4 Å². The predicted octanol–water partition coefficient (Wildman–Crippen LogP) is 3.43. The summed E-state index contributed by atoms with van der Waals surface area (Å²) in [6.45, 7) is 6.89. The summed E-state index contributed by atoms with van der Waals surface area (Å²) in [6.07, 6.45) is 3.14. The molecule has 0 aliphatic carbocycles. The molecule has 1 atom stereocenters. The van der Waals surface area contributed by atoms with Gasteiger partial charge in [0, 0.05) is 49.9 Å². The number of benzene rings is 1. The Balaban J connectivity index is 0.00000220. The van der Waals surface area contributed by atoms with E-state index in [1.165, 1.54) is 0 Å². The molecule has 0 amide bonds. The van der Waals surface area contributed by atoms with E-state index in [1.54, 1.807) is 6.08 Å². The van der Waals surface area contributed by atoms with Gasteiger partial charge in [-0.25, -0.2) is 8.78 Å². The first-order chi connectivity index (χ1) is 9.63. The van der Waals surface area contributed by atoms with Crippen molar-refractivity contribution in [1.29, 1.82) is 0 Å². The Labute approximate surface area is 142 Å². The van der Waals surface area contributed by atoms with Crippen molar-refractivity contribution in [3.8, 4) is 5.75 Å². The number of nitrogens with one attached hydrogen (secondary N) is 1. The number of rotatable bonds is 5. The van der Waals surface area contributed by atoms with E-state index in [0.29, 0.717) is 12.8 Å². The van der Waals surface area contributed by atoms with Crippen molar-refractivity contribution in [1.82, 2.24) is 10.2 Å². The van der Waals surface area contributed by atoms with Crippen molar-refractivity contribution in [2.75, 3.05) is 26.2 Å². The van der Waals surface area contributed by atoms with Crippen LogP contribution in [0.1, 0.15) is 24.4 Å². The fourth-order valence-electron chi connectivity index (χ4n) is 2.68. The minimum Gasteiger partial charge on any atom is -0.507 e. The lowest BCUT2D eigenvalue weighted by Crippen LogP contribution is -2.45. The maximum Gasteiger partial charge on any atom is 0.134 e. The van der Waals surface area contributed by atoms with Crippen LogP contribution in [0, 0.1) is 11.6 Å². The summed E-state index contributed by atoms with van der Waals surface area (Å²) in [4.78, 5) is 2.12. The molecule has 1 fully saturated rings. The minimum absolute atomic E-state index is 0. The monoisotopic (exact) mass is 354 g/mol. The number of aromatic hydroxyl groups is 1. The van der Waals surface area contributed by atoms with Gasteiger partial charge < -0.3 is 10.4 Å². The first-order valence-corrected chi connectivity index (χ1v) is 6.87. The highest BCUT2D eigenvalue weighted by atomic mass is 35.5. The molecule has 0 unspecified atom stereocenters. The van der Waals surface area contributed by atoms with Crippen molar-refractivity contribution < 1.29 is 13.9 Å². The lowest BCUT2D eigenvalue weighted by molar-refractivity contribution is 0.160. The summed E-state index contributed by atoms with van der Waals surface area (Å²) in [7, 11) is 0. The average Bonchev–Trinajstić information content (AvgIpc) is 2.42. The molecule has 1 aromatic rings. The Kier molecular flexibility index (Phi) is 9.60. The maximum atomic E-state index is 14.1. The molecule has 2 N–H and O–H groups in total. The normalized spacial score (nSPS) is 16.3. The Morgan fingerprint density at radius 1 is 1.27 bits per heavy atom. The second kappa shape index (κ2) is 10.0. The van der Waals surface area contributed by atoms with Crippen LogP contribution in [0.15, 0.2) is 24.8 Å². The van der Waals surface area contributed by atoms with Crippen LogP contribution in [-0.2, 0) is 0 Å². The van der Waals surface area contributed by atoms with Crippen LogP contribution >= 0.6 is 24.8 Å². The molecule has 22 heavy (non-hydrogen) atoms. The van der Waals surface area contributed by atoms with Gasteiger partial charge in [0.15, 0.2) is 0 Å². The Morgan fingerprint density at radius 2 is 1.91 bits per heavy atom. The van der Waals surface area contributed by atoms with Crippen LogP contribution < -0.4 is 5.32 Å². The van der Waals surface area contributed by atoms with Gasteiger partial charge in [0.2, 0.25) is 0 Å². The second-order valence-corrected chi connectivity index (χ2v) is 4.99. The summed E-state index contributed by atoms with van der Waals surface area (Å²) in [5.41, 5.74) is 0.190. The predicted molar refractivity (Wildman–Crippen MR) is 89.1 cm³/mol. The third-order valence-corrected chi connectivity index (χ3v) is 3.64. The third kappa shape index (κ3) is 5.09. The molecule has 1 aromatic carbocycles. The van der Waals surface area contributed by atoms with Gasteiger partial charge in [-0.15, -0.1) is 31.4 Å². The van der Waals surface area contributed by atoms with Crippen molar-refractivity contribution in [3.63, 3.8) is 0 Å². The third-order valence-electron chi connectivity index (χ3n) is 3.64. The van der Waals surface area contributed by atoms with Crippen molar-refractivity contribution in [2.45, 2.75) is 18.9 Å². The molecule has 0 spiro atoms. The molecule has 1 heterocycles. The molecule has 7 heteroatoms. The molecule has 2 rings (SSSR count). The van der Waals surface area contributed by atoms with Gasteiger partial charge in [-0.3, -0.25) is 4.90 Å². The smallest absolute Gasteiger partial charge is 0.134 e. The number of piperazine rings is 1. The fourth-order valence-corrected chi connectivity index (χ4v) is 2.68. The SMILES string of the molecule is C=CCC[C@@H](c1c(O)cc(F)cc1F)N1CCNCC1.Cl.Cl. The summed E-state index contributed by atoms with van der Waals surface area (Å²) < 4.78 is 27.2. The van der Waals surface area contributed by atoms with Crippen LogP contribution in [-0.4, -0.2) is 36.2 Å². The van der Waals surface area contributed by atoms with Crippen molar-refractivity contribution in [3.05, 3.63) is 42.0 Å². The Morgan fingerprint density at radius 3 is 2.45 bits per heavy atom. The quantitative estimate of drug-likeness (QED) is 0.795. The zero-order valence-electron chi connectivity index (χ0n) is 12.2. The van der Waals surface area contributed by atoms with E-state index in [0.717, 1.165) is 38.3 Å². The van der Waals surface area contributed by atoms with Crippen molar-refractivity contribution in [2.24, 2.45) is 0 Å². The van der Waals surface area contributed by atoms with Crippen LogP contribution in [0.25, 0.3) is 0 Å². The van der Waals surface area contributed by atoms with Crippen LogP contribution in [0.2, 0.25) is 0 Å². The van der Waals surface area contributed by atoms with E-state index < -0.39 is 11.6 Å². The fraction of sp³-hybridized carbons (Fsp3) is 0.467. The van der Waals surface area contributed by atoms with Gasteiger partial charge in [0.25, 0.3) is 0 Å². The van der Waals surface area contributed by atoms with Gasteiger partial charge in [0.05, 0.1) is 0 Å². The van der Waals surface area contributed by atoms with Crippen LogP contribution in [0.5, 0.6) is 5.75 Å². The lowest BCUT2D eigenvalue weighted by atomic mass is 9.97. The number of hydrogen-bond acceptors (Lipinski definition) is 3. The summed E-state index contributed by atoms with van der Waals surface area (Å²) in [6, 6.07) is 1.55. The average molecular weight is 355 g/mol. The zero-order valence-corrected chi connectivity index (χ0v) is 13.9. The Hall–Kier alpha value is -0.880. The van der Waals surface area contributed by atoms with E-state index in [9.17, 15) is 13.9 Å². The van der Waals surface area contributed by atoms with E-state index in [-0.39, 0.29) is 42.2 Å². The summed E-state index contributed by atoms with van der Waals surface area (Å²) in [5.74, 6) is -1.75. The van der Waals surface area contributed by atoms with Gasteiger partial charge in [-0.2, -0.15) is 0 Å². The van der Waals surface area contributed by atoms with Crippen LogP contribution in [0.4, 0.5) is 8.78 Å². The number of phenolic OH excluding ortho intramolecular Hbond substituents is 1. The first-order valence-electron chi connectivity index (χ1n) is 6.87. The highest BCUT2D eigenvalue weighted by Crippen LogP contribution is 2.35. The van der Waals surface area contributed by atoms with Crippen molar-refractivity contribution >= 4 is 24.8 Å². The van der Waals surface area contributed by atoms with Gasteiger partial charge in [-0.05, 0) is 12.8 Å². The molecule has 1 aliphatic rings. The molecule has 1 aliphatic heterocycles. The van der Waals surface area contributed by atoms with Gasteiger partial charge >= 0.3 is 0 Å². The number of hydrogen-bond donors (Lipinski definition) is 2. The second-order valence-electron chi connectivity index (χ2n) is 4.99. The van der Waals surface area contributed by atoms with E-state index in [1.807, 2.05) is 0 Å². The highest BCUT2D eigenvalue weighted by Gasteiger charge is 2.27. The summed E-state index contributed by atoms with van der Waals surface area (Å²) in [5, 5.41) is 13.2. The topological polar surface area (TPSA) is 35.5 Å². The molecule has 126 valence electrons. The highest BCUT2D eigenvalue weighted by molar-refractivity contribution is 5.85. The molecule has 0 bridgehead atoms. The minimum atomic E-state index is -0.758. The first kappa shape index (κ1) is 21.1. The molecular formula is C15H22Cl2F2N2O. The largest absolute Gasteiger partial charge is 0.507 e. The number of nitrogens with zero attached hydrogens (tertiary/aromatic N) is 1. The van der Waals surface area contributed by atoms with E-state index in [2.05, 4.69) is 16.8 Å². The summed E-state index contributed by atoms with van der Waals surface area (Å²) >= 11 is 0. The molecule has 0 aromatic heterocycles. The number of phenols is 1. The van der Waals surface area contributed by atoms with Crippen LogP contribution in [0.3, 0.4) is 0 Å². The standard InChI is InChI=1S/C15H20F2N2O.2ClH/c1-2-3-4-13(19-7-5-18-6-8-19)15-12(17)9-11(16)10-14(15)20;;/h2,9-10,13,18,20H,1,3-8H2;2*1H/t13-;;/m0../s1. The molecule has 3 nitrogen and oxygen atoms in total. The molecule has 0 radical (unpaired) electrons. The zero-order chi connectivity index (χ0) is 14.5. The van der Waals surface area contributed by atoms with E-state index >= 15 is 0 Å².